The zero-order valence-electron chi connectivity index (χ0n) is 11.8. The van der Waals surface area contributed by atoms with E-state index in [1.807, 2.05) is 12.1 Å². The molecule has 0 aliphatic carbocycles. The molecular formula is C16H25NO. The topological polar surface area (TPSA) is 21.3 Å². The van der Waals surface area contributed by atoms with Crippen LogP contribution in [0.2, 0.25) is 0 Å². The van der Waals surface area contributed by atoms with Crippen LogP contribution in [0, 0.1) is 0 Å². The van der Waals surface area contributed by atoms with Gasteiger partial charge in [0.05, 0.1) is 6.61 Å². The first-order valence-corrected chi connectivity index (χ1v) is 6.93. The normalized spacial score (nSPS) is 11.6. The molecule has 0 bridgehead atoms. The summed E-state index contributed by atoms with van der Waals surface area (Å²) in [4.78, 5) is 0. The molecule has 0 saturated carbocycles. The Bertz CT molecular complexity index is 354. The van der Waals surface area contributed by atoms with Gasteiger partial charge in [-0.25, -0.2) is 0 Å². The van der Waals surface area contributed by atoms with Crippen LogP contribution in [0.4, 0.5) is 0 Å². The summed E-state index contributed by atoms with van der Waals surface area (Å²) < 4.78 is 5.57. The number of rotatable bonds is 8. The molecule has 2 nitrogen and oxygen atoms in total. The average Bonchev–Trinajstić information content (AvgIpc) is 2.42. The molecule has 18 heavy (non-hydrogen) atoms. The minimum atomic E-state index is 0.788. The van der Waals surface area contributed by atoms with Crippen molar-refractivity contribution < 1.29 is 4.74 Å². The molecule has 1 aromatic rings. The molecular weight excluding hydrogens is 222 g/mol. The largest absolute Gasteiger partial charge is 0.494 e. The lowest BCUT2D eigenvalue weighted by molar-refractivity contribution is 0.317. The molecule has 0 atom stereocenters. The highest BCUT2D eigenvalue weighted by Crippen LogP contribution is 2.15. The van der Waals surface area contributed by atoms with Crippen molar-refractivity contribution in [2.45, 2.75) is 33.6 Å². The molecule has 0 heterocycles. The van der Waals surface area contributed by atoms with Crippen molar-refractivity contribution in [2.75, 3.05) is 19.7 Å². The molecule has 0 unspecified atom stereocenters. The van der Waals surface area contributed by atoms with Gasteiger partial charge in [0.2, 0.25) is 0 Å². The maximum absolute atomic E-state index is 5.57. The summed E-state index contributed by atoms with van der Waals surface area (Å²) in [5.41, 5.74) is 2.67. The minimum Gasteiger partial charge on any atom is -0.494 e. The molecule has 0 amide bonds. The highest BCUT2D eigenvalue weighted by molar-refractivity contribution is 5.54. The maximum Gasteiger partial charge on any atom is 0.119 e. The van der Waals surface area contributed by atoms with Crippen molar-refractivity contribution >= 4 is 6.08 Å². The Labute approximate surface area is 111 Å². The van der Waals surface area contributed by atoms with Gasteiger partial charge >= 0.3 is 0 Å². The van der Waals surface area contributed by atoms with E-state index < -0.39 is 0 Å². The van der Waals surface area contributed by atoms with Gasteiger partial charge < -0.3 is 10.1 Å². The van der Waals surface area contributed by atoms with Crippen LogP contribution in [0.3, 0.4) is 0 Å². The Kier molecular flexibility index (Phi) is 7.19. The summed E-state index contributed by atoms with van der Waals surface area (Å²) in [5, 5.41) is 3.37. The summed E-state index contributed by atoms with van der Waals surface area (Å²) in [6.45, 7) is 9.22. The SMILES string of the molecule is CCCOc1ccc(C=C(CC)CNCC)cc1. The van der Waals surface area contributed by atoms with Crippen molar-refractivity contribution in [2.24, 2.45) is 0 Å². The summed E-state index contributed by atoms with van der Waals surface area (Å²) in [7, 11) is 0. The van der Waals surface area contributed by atoms with Crippen LogP contribution in [-0.2, 0) is 0 Å². The predicted octanol–water partition coefficient (Wildman–Crippen LogP) is 3.88. The van der Waals surface area contributed by atoms with Crippen LogP contribution in [0.25, 0.3) is 6.08 Å². The third kappa shape index (κ3) is 5.37. The van der Waals surface area contributed by atoms with E-state index in [1.165, 1.54) is 11.1 Å². The number of benzene rings is 1. The number of ether oxygens (including phenoxy) is 1. The van der Waals surface area contributed by atoms with E-state index in [2.05, 4.69) is 44.3 Å². The van der Waals surface area contributed by atoms with E-state index in [1.54, 1.807) is 0 Å². The predicted molar refractivity (Wildman–Crippen MR) is 79.0 cm³/mol. The first kappa shape index (κ1) is 14.8. The van der Waals surface area contributed by atoms with E-state index in [9.17, 15) is 0 Å². The summed E-state index contributed by atoms with van der Waals surface area (Å²) in [5.74, 6) is 0.957. The Morgan fingerprint density at radius 3 is 2.44 bits per heavy atom. The molecule has 0 aromatic heterocycles. The molecule has 1 N–H and O–H groups in total. The fourth-order valence-corrected chi connectivity index (χ4v) is 1.68. The molecule has 2 heteroatoms. The summed E-state index contributed by atoms with van der Waals surface area (Å²) in [6, 6.07) is 8.32. The lowest BCUT2D eigenvalue weighted by Gasteiger charge is -2.07. The van der Waals surface area contributed by atoms with Crippen molar-refractivity contribution in [3.8, 4) is 5.75 Å². The van der Waals surface area contributed by atoms with Crippen LogP contribution in [0.5, 0.6) is 5.75 Å². The molecule has 0 aliphatic rings. The number of hydrogen-bond acceptors (Lipinski definition) is 2. The lowest BCUT2D eigenvalue weighted by Crippen LogP contribution is -2.15. The van der Waals surface area contributed by atoms with Gasteiger partial charge in [-0.2, -0.15) is 0 Å². The van der Waals surface area contributed by atoms with Gasteiger partial charge in [0.1, 0.15) is 5.75 Å². The monoisotopic (exact) mass is 247 g/mol. The standard InChI is InChI=1S/C16H25NO/c1-4-11-18-16-9-7-15(8-10-16)12-14(5-2)13-17-6-3/h7-10,12,17H,4-6,11,13H2,1-3H3. The highest BCUT2D eigenvalue weighted by Gasteiger charge is 1.96. The second kappa shape index (κ2) is 8.76. The van der Waals surface area contributed by atoms with E-state index in [-0.39, 0.29) is 0 Å². The smallest absolute Gasteiger partial charge is 0.119 e. The van der Waals surface area contributed by atoms with Crippen LogP contribution in [-0.4, -0.2) is 19.7 Å². The molecule has 100 valence electrons. The van der Waals surface area contributed by atoms with E-state index in [0.29, 0.717) is 0 Å². The lowest BCUT2D eigenvalue weighted by atomic mass is 10.1. The fourth-order valence-electron chi connectivity index (χ4n) is 1.68. The third-order valence-corrected chi connectivity index (χ3v) is 2.78. The van der Waals surface area contributed by atoms with E-state index >= 15 is 0 Å². The summed E-state index contributed by atoms with van der Waals surface area (Å²) in [6.07, 6.45) is 4.39. The zero-order chi connectivity index (χ0) is 13.2. The fraction of sp³-hybridized carbons (Fsp3) is 0.500. The molecule has 0 saturated heterocycles. The quantitative estimate of drug-likeness (QED) is 0.752. The molecule has 0 fully saturated rings. The van der Waals surface area contributed by atoms with Gasteiger partial charge in [-0.15, -0.1) is 0 Å². The van der Waals surface area contributed by atoms with Crippen molar-refractivity contribution in [1.29, 1.82) is 0 Å². The second-order valence-corrected chi connectivity index (χ2v) is 4.35. The summed E-state index contributed by atoms with van der Waals surface area (Å²) >= 11 is 0. The zero-order valence-corrected chi connectivity index (χ0v) is 11.8. The molecule has 1 rings (SSSR count). The van der Waals surface area contributed by atoms with E-state index in [4.69, 9.17) is 4.74 Å². The Hall–Kier alpha value is -1.28. The first-order valence-electron chi connectivity index (χ1n) is 6.93. The van der Waals surface area contributed by atoms with Gasteiger partial charge in [0.15, 0.2) is 0 Å². The Morgan fingerprint density at radius 1 is 1.17 bits per heavy atom. The second-order valence-electron chi connectivity index (χ2n) is 4.35. The van der Waals surface area contributed by atoms with E-state index in [0.717, 1.165) is 38.3 Å². The van der Waals surface area contributed by atoms with Crippen molar-refractivity contribution in [3.63, 3.8) is 0 Å². The van der Waals surface area contributed by atoms with Gasteiger partial charge in [0.25, 0.3) is 0 Å². The number of nitrogens with one attached hydrogen (secondary N) is 1. The number of likely N-dealkylation sites (N-methyl/N-ethyl adjacent to an activating group) is 1. The van der Waals surface area contributed by atoms with Crippen molar-refractivity contribution in [1.82, 2.24) is 5.32 Å². The third-order valence-electron chi connectivity index (χ3n) is 2.78. The molecule has 0 radical (unpaired) electrons. The highest BCUT2D eigenvalue weighted by atomic mass is 16.5. The van der Waals surface area contributed by atoms with Gasteiger partial charge in [-0.3, -0.25) is 0 Å². The van der Waals surface area contributed by atoms with Gasteiger partial charge in [0, 0.05) is 6.54 Å². The average molecular weight is 247 g/mol. The molecule has 1 aromatic carbocycles. The minimum absolute atomic E-state index is 0.788. The first-order chi connectivity index (χ1) is 8.80. The van der Waals surface area contributed by atoms with Gasteiger partial charge in [-0.1, -0.05) is 44.6 Å². The molecule has 0 aliphatic heterocycles. The Balaban J connectivity index is 2.62. The maximum atomic E-state index is 5.57. The van der Waals surface area contributed by atoms with Crippen LogP contribution in [0.15, 0.2) is 29.8 Å². The van der Waals surface area contributed by atoms with Gasteiger partial charge in [-0.05, 0) is 37.1 Å². The van der Waals surface area contributed by atoms with Crippen molar-refractivity contribution in [3.05, 3.63) is 35.4 Å². The Morgan fingerprint density at radius 2 is 1.89 bits per heavy atom. The van der Waals surface area contributed by atoms with Crippen LogP contribution >= 0.6 is 0 Å². The van der Waals surface area contributed by atoms with Crippen LogP contribution in [0.1, 0.15) is 39.2 Å². The number of hydrogen-bond donors (Lipinski definition) is 1. The molecule has 0 spiro atoms. The van der Waals surface area contributed by atoms with Crippen LogP contribution < -0.4 is 10.1 Å².